The number of rotatable bonds is 47. The first-order chi connectivity index (χ1) is 27.6. The zero-order valence-electron chi connectivity index (χ0n) is 37.3. The van der Waals surface area contributed by atoms with Crippen molar-refractivity contribution in [3.05, 3.63) is 0 Å². The highest BCUT2D eigenvalue weighted by Crippen LogP contribution is 2.18. The lowest BCUT2D eigenvalue weighted by Gasteiger charge is -2.20. The smallest absolute Gasteiger partial charge is 0.307 e. The molecule has 0 aliphatic rings. The van der Waals surface area contributed by atoms with Crippen molar-refractivity contribution < 1.29 is 38.4 Å². The number of ether oxygens (including phenoxy) is 5. The van der Waals surface area contributed by atoms with Crippen molar-refractivity contribution in [1.82, 2.24) is 4.90 Å². The molecule has 56 heavy (non-hydrogen) atoms. The van der Waals surface area contributed by atoms with E-state index in [1.54, 1.807) is 0 Å². The summed E-state index contributed by atoms with van der Waals surface area (Å²) in [7, 11) is 0. The maximum atomic E-state index is 12.7. The van der Waals surface area contributed by atoms with Crippen LogP contribution in [0.15, 0.2) is 0 Å². The van der Waals surface area contributed by atoms with Crippen LogP contribution >= 0.6 is 0 Å². The molecule has 0 spiro atoms. The third kappa shape index (κ3) is 42.3. The first-order valence-electron chi connectivity index (χ1n) is 24.0. The maximum Gasteiger partial charge on any atom is 0.307 e. The van der Waals surface area contributed by atoms with Crippen molar-refractivity contribution in [2.45, 2.75) is 219 Å². The molecule has 0 aromatic carbocycles. The van der Waals surface area contributed by atoms with Gasteiger partial charge in [0, 0.05) is 26.1 Å². The molecule has 0 rings (SSSR count). The third-order valence-corrected chi connectivity index (χ3v) is 10.6. The third-order valence-electron chi connectivity index (χ3n) is 10.6. The molecule has 0 aromatic rings. The number of unbranched alkanes of at least 4 members (excludes halogenated alkanes) is 22. The fourth-order valence-corrected chi connectivity index (χ4v) is 7.02. The predicted molar refractivity (Wildman–Crippen MR) is 232 cm³/mol. The van der Waals surface area contributed by atoms with Gasteiger partial charge in [-0.05, 0) is 51.5 Å². The van der Waals surface area contributed by atoms with Crippen molar-refractivity contribution in [3.63, 3.8) is 0 Å². The van der Waals surface area contributed by atoms with Gasteiger partial charge in [0.1, 0.15) is 12.7 Å². The largest absolute Gasteiger partial charge is 0.463 e. The maximum absolute atomic E-state index is 12.7. The van der Waals surface area contributed by atoms with Crippen LogP contribution in [0, 0.1) is 0 Å². The van der Waals surface area contributed by atoms with Gasteiger partial charge in [0.15, 0.2) is 0 Å². The molecule has 0 saturated carbocycles. The molecule has 0 unspecified atom stereocenters. The summed E-state index contributed by atoms with van der Waals surface area (Å²) in [6.07, 6.45) is 35.0. The Morgan fingerprint density at radius 1 is 0.429 bits per heavy atom. The van der Waals surface area contributed by atoms with Crippen molar-refractivity contribution in [2.75, 3.05) is 72.5 Å². The monoisotopic (exact) mass is 800 g/mol. The number of carbonyl (C=O) groups is 2. The van der Waals surface area contributed by atoms with Crippen LogP contribution < -0.4 is 0 Å². The van der Waals surface area contributed by atoms with Gasteiger partial charge in [-0.2, -0.15) is 0 Å². The minimum absolute atomic E-state index is 0.0238. The zero-order chi connectivity index (χ0) is 40.8. The molecule has 9 heteroatoms. The number of hydrogen-bond acceptors (Lipinski definition) is 9. The molecule has 1 N–H and O–H groups in total. The Bertz CT molecular complexity index is 784. The molecule has 0 aliphatic carbocycles. The molecule has 0 aliphatic heterocycles. The number of aliphatic hydroxyl groups excluding tert-OH is 1. The molecule has 9 nitrogen and oxygen atoms in total. The van der Waals surface area contributed by atoms with Crippen molar-refractivity contribution in [3.8, 4) is 0 Å². The van der Waals surface area contributed by atoms with Gasteiger partial charge in [-0.25, -0.2) is 0 Å². The van der Waals surface area contributed by atoms with E-state index >= 15 is 0 Å². The highest BCUT2D eigenvalue weighted by Gasteiger charge is 2.15. The van der Waals surface area contributed by atoms with Crippen LogP contribution in [0.1, 0.15) is 213 Å². The molecule has 0 atom stereocenters. The minimum atomic E-state index is -0.245. The molecule has 0 bridgehead atoms. The van der Waals surface area contributed by atoms with Gasteiger partial charge in [0.2, 0.25) is 0 Å². The van der Waals surface area contributed by atoms with Crippen LogP contribution in [0.2, 0.25) is 0 Å². The average molecular weight is 800 g/mol. The summed E-state index contributed by atoms with van der Waals surface area (Å²) in [5.74, 6) is -0.269. The molecular weight excluding hydrogens is 707 g/mol. The average Bonchev–Trinajstić information content (AvgIpc) is 3.19. The van der Waals surface area contributed by atoms with E-state index in [4.69, 9.17) is 23.7 Å². The number of hydrogen-bond donors (Lipinski definition) is 1. The van der Waals surface area contributed by atoms with E-state index in [2.05, 4.69) is 25.7 Å². The molecule has 0 aromatic heterocycles. The molecule has 0 amide bonds. The highest BCUT2D eigenvalue weighted by molar-refractivity contribution is 5.69. The lowest BCUT2D eigenvalue weighted by atomic mass is 10.0. The second-order valence-electron chi connectivity index (χ2n) is 15.9. The summed E-state index contributed by atoms with van der Waals surface area (Å²) >= 11 is 0. The molecule has 0 heterocycles. The van der Waals surface area contributed by atoms with Crippen LogP contribution in [0.3, 0.4) is 0 Å². The number of aliphatic hydroxyl groups is 1. The summed E-state index contributed by atoms with van der Waals surface area (Å²) in [5, 5.41) is 9.51. The van der Waals surface area contributed by atoms with Crippen molar-refractivity contribution in [2.24, 2.45) is 0 Å². The normalized spacial score (nSPS) is 11.6. The van der Waals surface area contributed by atoms with E-state index in [0.29, 0.717) is 59.0 Å². The zero-order valence-corrected chi connectivity index (χ0v) is 37.3. The van der Waals surface area contributed by atoms with E-state index in [0.717, 1.165) is 77.4 Å². The lowest BCUT2D eigenvalue weighted by Crippen LogP contribution is -2.31. The molecule has 0 fully saturated rings. The van der Waals surface area contributed by atoms with Gasteiger partial charge < -0.3 is 33.7 Å². The van der Waals surface area contributed by atoms with Crippen LogP contribution in [0.5, 0.6) is 0 Å². The van der Waals surface area contributed by atoms with E-state index in [1.807, 2.05) is 0 Å². The number of esters is 2. The Kier molecular flexibility index (Phi) is 45.4. The standard InChI is InChI=1S/C47H93NO8/c1-4-7-10-13-16-17-18-24-29-38-52-39-40-53-41-42-54-43-44-55-46(50)33-35-48(36-37-49)34-28-23-19-22-27-32-47(51)56-45(30-25-20-14-11-8-5-2)31-26-21-15-12-9-6-3/h45,49H,4-44H2,1-3H3. The highest BCUT2D eigenvalue weighted by atomic mass is 16.6. The second kappa shape index (κ2) is 46.4. The summed E-state index contributed by atoms with van der Waals surface area (Å²) < 4.78 is 28.1. The Labute approximate surface area is 346 Å². The van der Waals surface area contributed by atoms with Crippen molar-refractivity contribution >= 4 is 11.9 Å². The van der Waals surface area contributed by atoms with E-state index < -0.39 is 0 Å². The Morgan fingerprint density at radius 2 is 0.857 bits per heavy atom. The molecule has 0 radical (unpaired) electrons. The Hall–Kier alpha value is -1.26. The number of carbonyl (C=O) groups excluding carboxylic acids is 2. The van der Waals surface area contributed by atoms with E-state index in [9.17, 15) is 14.7 Å². The molecule has 334 valence electrons. The topological polar surface area (TPSA) is 104 Å². The Balaban J connectivity index is 3.86. The van der Waals surface area contributed by atoms with Gasteiger partial charge >= 0.3 is 11.9 Å². The summed E-state index contributed by atoms with van der Waals surface area (Å²) in [6, 6.07) is 0. The summed E-state index contributed by atoms with van der Waals surface area (Å²) in [6.45, 7) is 12.3. The fourth-order valence-electron chi connectivity index (χ4n) is 7.02. The lowest BCUT2D eigenvalue weighted by molar-refractivity contribution is -0.150. The second-order valence-corrected chi connectivity index (χ2v) is 15.9. The van der Waals surface area contributed by atoms with Crippen molar-refractivity contribution in [1.29, 1.82) is 0 Å². The summed E-state index contributed by atoms with van der Waals surface area (Å²) in [4.78, 5) is 27.1. The number of nitrogens with zero attached hydrogens (tertiary/aromatic N) is 1. The fraction of sp³-hybridized carbons (Fsp3) is 0.957. The molecule has 0 saturated heterocycles. The van der Waals surface area contributed by atoms with Gasteiger partial charge in [-0.1, -0.05) is 156 Å². The van der Waals surface area contributed by atoms with Gasteiger partial charge in [0.25, 0.3) is 0 Å². The van der Waals surface area contributed by atoms with Gasteiger partial charge in [0.05, 0.1) is 46.1 Å². The molecular formula is C47H93NO8. The van der Waals surface area contributed by atoms with E-state index in [1.165, 1.54) is 116 Å². The van der Waals surface area contributed by atoms with Gasteiger partial charge in [-0.15, -0.1) is 0 Å². The van der Waals surface area contributed by atoms with E-state index in [-0.39, 0.29) is 31.3 Å². The Morgan fingerprint density at radius 3 is 1.38 bits per heavy atom. The van der Waals surface area contributed by atoms with Crippen LogP contribution in [-0.2, 0) is 33.3 Å². The van der Waals surface area contributed by atoms with Crippen LogP contribution in [0.25, 0.3) is 0 Å². The first kappa shape index (κ1) is 54.7. The van der Waals surface area contributed by atoms with Gasteiger partial charge in [-0.3, -0.25) is 9.59 Å². The summed E-state index contributed by atoms with van der Waals surface area (Å²) in [5.41, 5.74) is 0. The SMILES string of the molecule is CCCCCCCCCCCOCCOCCOCCOC(=O)CCN(CCO)CCCCCCCC(=O)OC(CCCCCCCC)CCCCCCCC. The van der Waals surface area contributed by atoms with Crippen LogP contribution in [-0.4, -0.2) is 101 Å². The predicted octanol–water partition coefficient (Wildman–Crippen LogP) is 11.5. The minimum Gasteiger partial charge on any atom is -0.463 e. The van der Waals surface area contributed by atoms with Crippen LogP contribution in [0.4, 0.5) is 0 Å². The quantitative estimate of drug-likeness (QED) is 0.0476. The first-order valence-corrected chi connectivity index (χ1v) is 24.0.